The lowest BCUT2D eigenvalue weighted by Gasteiger charge is -2.35. The Morgan fingerprint density at radius 1 is 1.29 bits per heavy atom. The first-order valence-electron chi connectivity index (χ1n) is 11.5. The van der Waals surface area contributed by atoms with Crippen LogP contribution in [0.4, 0.5) is 23.7 Å². The van der Waals surface area contributed by atoms with Crippen LogP contribution >= 0.6 is 0 Å². The second-order valence-corrected chi connectivity index (χ2v) is 10.0. The molecule has 0 aliphatic heterocycles. The van der Waals surface area contributed by atoms with Crippen molar-refractivity contribution >= 4 is 22.8 Å². The molecule has 3 N–H and O–H groups in total. The van der Waals surface area contributed by atoms with E-state index in [1.807, 2.05) is 18.2 Å². The van der Waals surface area contributed by atoms with Crippen LogP contribution in [0.1, 0.15) is 51.2 Å². The molecule has 2 aromatic heterocycles. The van der Waals surface area contributed by atoms with Gasteiger partial charge in [-0.25, -0.2) is 9.78 Å². The Hall–Kier alpha value is -3.31. The van der Waals surface area contributed by atoms with E-state index in [4.69, 9.17) is 10.3 Å². The summed E-state index contributed by atoms with van der Waals surface area (Å²) in [6.45, 7) is 4.17. The molecule has 0 bridgehead atoms. The molecule has 2 atom stereocenters. The van der Waals surface area contributed by atoms with Crippen LogP contribution in [-0.4, -0.2) is 48.9 Å². The molecular weight excluding hydrogens is 465 g/mol. The molecule has 1 saturated carbocycles. The number of nitrogens with zero attached hydrogens (tertiary/aromatic N) is 5. The topological polar surface area (TPSA) is 123 Å². The Morgan fingerprint density at radius 2 is 2.03 bits per heavy atom. The standard InChI is InChI=1S/C23H29F3N6O3/c1-22(2,20-29-19(30-35-20)23(24,25)26)12-31(21(33)34)10-14-4-3-5-15(8-14)11-32-13-28-17-7-6-16(27)9-18(17)32/h6-7,9,13-15H,3-5,8,10-12,27H2,1-2H3,(H,33,34)/t14?,15-/m0/s1. The van der Waals surface area contributed by atoms with E-state index in [1.165, 1.54) is 4.90 Å². The van der Waals surface area contributed by atoms with E-state index >= 15 is 0 Å². The Kier molecular flexibility index (Phi) is 6.65. The normalized spacial score (nSPS) is 19.2. The molecule has 0 saturated heterocycles. The molecule has 1 unspecified atom stereocenters. The summed E-state index contributed by atoms with van der Waals surface area (Å²) < 4.78 is 45.5. The summed E-state index contributed by atoms with van der Waals surface area (Å²) in [6.07, 6.45) is -0.333. The van der Waals surface area contributed by atoms with Gasteiger partial charge in [0, 0.05) is 25.3 Å². The third kappa shape index (κ3) is 5.68. The van der Waals surface area contributed by atoms with Crippen LogP contribution in [0.3, 0.4) is 0 Å². The van der Waals surface area contributed by atoms with E-state index in [1.54, 1.807) is 20.2 Å². The smallest absolute Gasteiger partial charge is 0.455 e. The molecule has 190 valence electrons. The molecule has 1 aliphatic rings. The monoisotopic (exact) mass is 494 g/mol. The van der Waals surface area contributed by atoms with Gasteiger partial charge in [0.05, 0.1) is 22.8 Å². The fourth-order valence-corrected chi connectivity index (χ4v) is 4.91. The molecule has 1 aromatic carbocycles. The van der Waals surface area contributed by atoms with Crippen LogP contribution < -0.4 is 5.73 Å². The first-order valence-corrected chi connectivity index (χ1v) is 11.5. The highest BCUT2D eigenvalue weighted by Gasteiger charge is 2.40. The van der Waals surface area contributed by atoms with Crippen LogP contribution in [-0.2, 0) is 18.1 Å². The Labute approximate surface area is 200 Å². The third-order valence-electron chi connectivity index (χ3n) is 6.59. The van der Waals surface area contributed by atoms with Crippen molar-refractivity contribution in [2.45, 2.75) is 57.7 Å². The highest BCUT2D eigenvalue weighted by atomic mass is 19.4. The Balaban J connectivity index is 1.41. The van der Waals surface area contributed by atoms with E-state index < -0.39 is 23.5 Å². The zero-order valence-corrected chi connectivity index (χ0v) is 19.6. The molecule has 4 rings (SSSR count). The predicted molar refractivity (Wildman–Crippen MR) is 122 cm³/mol. The number of nitrogen functional groups attached to an aromatic ring is 1. The van der Waals surface area contributed by atoms with Crippen LogP contribution in [0.5, 0.6) is 0 Å². The predicted octanol–water partition coefficient (Wildman–Crippen LogP) is 4.78. The maximum Gasteiger partial charge on any atom is 0.455 e. The summed E-state index contributed by atoms with van der Waals surface area (Å²) in [7, 11) is 0. The van der Waals surface area contributed by atoms with Gasteiger partial charge in [-0.05, 0) is 63.1 Å². The van der Waals surface area contributed by atoms with Gasteiger partial charge >= 0.3 is 12.3 Å². The number of fused-ring (bicyclic) bond motifs is 1. The third-order valence-corrected chi connectivity index (χ3v) is 6.59. The van der Waals surface area contributed by atoms with Crippen molar-refractivity contribution in [1.82, 2.24) is 24.6 Å². The molecule has 1 aliphatic carbocycles. The van der Waals surface area contributed by atoms with E-state index in [9.17, 15) is 23.1 Å². The van der Waals surface area contributed by atoms with Gasteiger partial charge in [0.1, 0.15) is 0 Å². The van der Waals surface area contributed by atoms with Gasteiger partial charge < -0.3 is 24.8 Å². The Morgan fingerprint density at radius 3 is 2.71 bits per heavy atom. The van der Waals surface area contributed by atoms with Crippen molar-refractivity contribution in [2.24, 2.45) is 11.8 Å². The lowest BCUT2D eigenvalue weighted by atomic mass is 9.80. The fourth-order valence-electron chi connectivity index (χ4n) is 4.91. The van der Waals surface area contributed by atoms with Crippen LogP contribution in [0.15, 0.2) is 29.0 Å². The maximum absolute atomic E-state index is 12.9. The molecule has 12 heteroatoms. The van der Waals surface area contributed by atoms with Crippen LogP contribution in [0, 0.1) is 11.8 Å². The van der Waals surface area contributed by atoms with Gasteiger partial charge in [-0.3, -0.25) is 0 Å². The molecule has 9 nitrogen and oxygen atoms in total. The number of carbonyl (C=O) groups is 1. The van der Waals surface area contributed by atoms with Crippen molar-refractivity contribution in [1.29, 1.82) is 0 Å². The summed E-state index contributed by atoms with van der Waals surface area (Å²) in [4.78, 5) is 21.2. The number of halogens is 3. The highest BCUT2D eigenvalue weighted by Crippen LogP contribution is 2.34. The van der Waals surface area contributed by atoms with Crippen molar-refractivity contribution in [3.05, 3.63) is 36.2 Å². The zero-order chi connectivity index (χ0) is 25.4. The van der Waals surface area contributed by atoms with Crippen molar-refractivity contribution in [3.8, 4) is 0 Å². The van der Waals surface area contributed by atoms with Gasteiger partial charge in [-0.2, -0.15) is 18.2 Å². The highest BCUT2D eigenvalue weighted by molar-refractivity contribution is 5.78. The maximum atomic E-state index is 12.9. The minimum atomic E-state index is -4.73. The minimum Gasteiger partial charge on any atom is -0.465 e. The number of benzene rings is 1. The molecule has 0 radical (unpaired) electrons. The molecule has 2 heterocycles. The summed E-state index contributed by atoms with van der Waals surface area (Å²) in [5.41, 5.74) is 7.36. The minimum absolute atomic E-state index is 0.0611. The lowest BCUT2D eigenvalue weighted by Crippen LogP contribution is -2.43. The number of nitrogens with two attached hydrogens (primary N) is 1. The number of carboxylic acid groups (broad SMARTS) is 1. The van der Waals surface area contributed by atoms with E-state index in [0.29, 0.717) is 11.6 Å². The van der Waals surface area contributed by atoms with Gasteiger partial charge in [0.25, 0.3) is 5.82 Å². The Bertz CT molecular complexity index is 1190. The van der Waals surface area contributed by atoms with Crippen molar-refractivity contribution in [3.63, 3.8) is 0 Å². The van der Waals surface area contributed by atoms with E-state index in [0.717, 1.165) is 43.3 Å². The molecular formula is C23H29F3N6O3. The first kappa shape index (κ1) is 24.8. The average Bonchev–Trinajstić information content (AvgIpc) is 3.42. The summed E-state index contributed by atoms with van der Waals surface area (Å²) >= 11 is 0. The molecule has 3 aromatic rings. The van der Waals surface area contributed by atoms with E-state index in [-0.39, 0.29) is 24.9 Å². The SMILES string of the molecule is CC(C)(CN(CC1CCC[C@H](Cn2cnc3ccc(N)cc32)C1)C(=O)O)c1nc(C(F)(F)F)no1. The lowest BCUT2D eigenvalue weighted by molar-refractivity contribution is -0.146. The van der Waals surface area contributed by atoms with Crippen molar-refractivity contribution < 1.29 is 27.6 Å². The van der Waals surface area contributed by atoms with Crippen molar-refractivity contribution in [2.75, 3.05) is 18.8 Å². The largest absolute Gasteiger partial charge is 0.465 e. The van der Waals surface area contributed by atoms with Gasteiger partial charge in [0.2, 0.25) is 5.89 Å². The molecule has 0 spiro atoms. The average molecular weight is 495 g/mol. The number of hydrogen-bond donors (Lipinski definition) is 2. The number of rotatable bonds is 7. The molecule has 1 amide bonds. The number of amides is 1. The zero-order valence-electron chi connectivity index (χ0n) is 19.6. The quantitative estimate of drug-likeness (QED) is 0.453. The number of alkyl halides is 3. The van der Waals surface area contributed by atoms with Crippen LogP contribution in [0.2, 0.25) is 0 Å². The number of aromatic nitrogens is 4. The second-order valence-electron chi connectivity index (χ2n) is 10.0. The van der Waals surface area contributed by atoms with Gasteiger partial charge in [-0.1, -0.05) is 11.6 Å². The molecule has 35 heavy (non-hydrogen) atoms. The van der Waals surface area contributed by atoms with E-state index in [2.05, 4.69) is 19.7 Å². The summed E-state index contributed by atoms with van der Waals surface area (Å²) in [6, 6.07) is 5.60. The van der Waals surface area contributed by atoms with Gasteiger partial charge in [-0.15, -0.1) is 0 Å². The number of anilines is 1. The first-order chi connectivity index (χ1) is 16.4. The number of hydrogen-bond acceptors (Lipinski definition) is 6. The number of imidazole rings is 1. The fraction of sp³-hybridized carbons (Fsp3) is 0.565. The van der Waals surface area contributed by atoms with Crippen LogP contribution in [0.25, 0.3) is 11.0 Å². The second kappa shape index (κ2) is 9.38. The summed E-state index contributed by atoms with van der Waals surface area (Å²) in [5.74, 6) is -1.13. The van der Waals surface area contributed by atoms with Gasteiger partial charge in [0.15, 0.2) is 0 Å². The summed E-state index contributed by atoms with van der Waals surface area (Å²) in [5, 5.41) is 12.8. The molecule has 1 fully saturated rings.